The van der Waals surface area contributed by atoms with Gasteiger partial charge in [0.15, 0.2) is 0 Å². The Morgan fingerprint density at radius 2 is 1.88 bits per heavy atom. The summed E-state index contributed by atoms with van der Waals surface area (Å²) in [5, 5.41) is 6.63. The van der Waals surface area contributed by atoms with Crippen molar-refractivity contribution in [3.05, 3.63) is 89.3 Å². The Balaban J connectivity index is 1.67. The highest BCUT2D eigenvalue weighted by molar-refractivity contribution is 6.30. The minimum Gasteiger partial charge on any atom is -0.467 e. The van der Waals surface area contributed by atoms with Crippen LogP contribution in [0.1, 0.15) is 17.4 Å². The molecule has 0 aliphatic heterocycles. The van der Waals surface area contributed by atoms with Gasteiger partial charge in [-0.2, -0.15) is 0 Å². The summed E-state index contributed by atoms with van der Waals surface area (Å²) in [7, 11) is 0. The van der Waals surface area contributed by atoms with E-state index < -0.39 is 0 Å². The van der Waals surface area contributed by atoms with Gasteiger partial charge in [-0.25, -0.2) is 0 Å². The molecule has 0 unspecified atom stereocenters. The monoisotopic (exact) mass is 340 g/mol. The average Bonchev–Trinajstić information content (AvgIpc) is 3.10. The average molecular weight is 341 g/mol. The lowest BCUT2D eigenvalue weighted by Gasteiger charge is -2.17. The summed E-state index contributed by atoms with van der Waals surface area (Å²) in [6.45, 7) is 0.146. The number of nitrogens with one attached hydrogen (secondary N) is 2. The van der Waals surface area contributed by atoms with Gasteiger partial charge in [0.25, 0.3) is 0 Å². The van der Waals surface area contributed by atoms with Crippen molar-refractivity contribution in [3.8, 4) is 0 Å². The van der Waals surface area contributed by atoms with Crippen molar-refractivity contribution in [1.29, 1.82) is 0 Å². The van der Waals surface area contributed by atoms with Crippen LogP contribution in [0, 0.1) is 0 Å². The second kappa shape index (κ2) is 7.81. The molecule has 0 aliphatic rings. The van der Waals surface area contributed by atoms with Gasteiger partial charge in [-0.05, 0) is 35.9 Å². The molecule has 0 bridgehead atoms. The van der Waals surface area contributed by atoms with Crippen LogP contribution in [0.2, 0.25) is 5.02 Å². The quantitative estimate of drug-likeness (QED) is 0.705. The highest BCUT2D eigenvalue weighted by atomic mass is 35.5. The zero-order valence-electron chi connectivity index (χ0n) is 12.9. The zero-order valence-corrected chi connectivity index (χ0v) is 13.7. The van der Waals surface area contributed by atoms with Gasteiger partial charge in [0.2, 0.25) is 5.91 Å². The van der Waals surface area contributed by atoms with E-state index >= 15 is 0 Å². The Morgan fingerprint density at radius 1 is 1.04 bits per heavy atom. The molecule has 3 rings (SSSR count). The van der Waals surface area contributed by atoms with Crippen molar-refractivity contribution in [1.82, 2.24) is 5.32 Å². The van der Waals surface area contributed by atoms with E-state index in [4.69, 9.17) is 16.0 Å². The standard InChI is InChI=1S/C19H17ClN2O2/c20-15-8-4-9-16(12-15)22-18(23)13-21-19(17-10-5-11-24-17)14-6-2-1-3-7-14/h1-12,19,21H,13H2,(H,22,23)/t19-/m1/s1. The lowest BCUT2D eigenvalue weighted by molar-refractivity contribution is -0.115. The Hall–Kier alpha value is -2.56. The maximum atomic E-state index is 12.2. The van der Waals surface area contributed by atoms with Crippen LogP contribution in [0.5, 0.6) is 0 Å². The first-order valence-electron chi connectivity index (χ1n) is 7.59. The number of carbonyl (C=O) groups is 1. The Labute approximate surface area is 145 Å². The van der Waals surface area contributed by atoms with Crippen molar-refractivity contribution in [3.63, 3.8) is 0 Å². The van der Waals surface area contributed by atoms with Gasteiger partial charge in [-0.3, -0.25) is 10.1 Å². The van der Waals surface area contributed by atoms with Crippen molar-refractivity contribution in [2.75, 3.05) is 11.9 Å². The maximum absolute atomic E-state index is 12.2. The van der Waals surface area contributed by atoms with Crippen LogP contribution >= 0.6 is 11.6 Å². The molecule has 1 amide bonds. The van der Waals surface area contributed by atoms with Crippen LogP contribution in [0.4, 0.5) is 5.69 Å². The van der Waals surface area contributed by atoms with E-state index in [0.717, 1.165) is 11.3 Å². The molecule has 0 radical (unpaired) electrons. The fourth-order valence-electron chi connectivity index (χ4n) is 2.45. The molecule has 4 nitrogen and oxygen atoms in total. The first-order chi connectivity index (χ1) is 11.7. The maximum Gasteiger partial charge on any atom is 0.238 e. The number of rotatable bonds is 6. The SMILES string of the molecule is O=C(CN[C@H](c1ccccc1)c1ccco1)Nc1cccc(Cl)c1. The highest BCUT2D eigenvalue weighted by Gasteiger charge is 2.17. The molecule has 3 aromatic rings. The summed E-state index contributed by atoms with van der Waals surface area (Å²) in [5.41, 5.74) is 1.70. The first kappa shape index (κ1) is 16.3. The summed E-state index contributed by atoms with van der Waals surface area (Å²) >= 11 is 5.92. The third kappa shape index (κ3) is 4.25. The number of hydrogen-bond acceptors (Lipinski definition) is 3. The highest BCUT2D eigenvalue weighted by Crippen LogP contribution is 2.22. The molecule has 2 aromatic carbocycles. The third-order valence-corrected chi connectivity index (χ3v) is 3.77. The zero-order chi connectivity index (χ0) is 16.8. The molecule has 0 saturated heterocycles. The van der Waals surface area contributed by atoms with Gasteiger partial charge in [-0.15, -0.1) is 0 Å². The number of furan rings is 1. The molecule has 0 aliphatic carbocycles. The number of anilines is 1. The lowest BCUT2D eigenvalue weighted by atomic mass is 10.0. The Morgan fingerprint density at radius 3 is 2.58 bits per heavy atom. The molecule has 0 spiro atoms. The van der Waals surface area contributed by atoms with Crippen molar-refractivity contribution < 1.29 is 9.21 Å². The molecule has 2 N–H and O–H groups in total. The molecule has 122 valence electrons. The molecule has 0 saturated carbocycles. The summed E-state index contributed by atoms with van der Waals surface area (Å²) in [5.74, 6) is 0.613. The topological polar surface area (TPSA) is 54.3 Å². The summed E-state index contributed by atoms with van der Waals surface area (Å²) < 4.78 is 5.50. The fourth-order valence-corrected chi connectivity index (χ4v) is 2.64. The predicted molar refractivity (Wildman–Crippen MR) is 95.1 cm³/mol. The second-order valence-corrected chi connectivity index (χ2v) is 5.73. The normalized spacial score (nSPS) is 11.9. The van der Waals surface area contributed by atoms with E-state index in [1.54, 1.807) is 30.5 Å². The van der Waals surface area contributed by atoms with Crippen LogP contribution in [0.15, 0.2) is 77.4 Å². The summed E-state index contributed by atoms with van der Waals surface area (Å²) in [6.07, 6.45) is 1.62. The third-order valence-electron chi connectivity index (χ3n) is 3.54. The van der Waals surface area contributed by atoms with Crippen molar-refractivity contribution in [2.45, 2.75) is 6.04 Å². The number of halogens is 1. The van der Waals surface area contributed by atoms with Crippen LogP contribution in [-0.2, 0) is 4.79 Å². The van der Waals surface area contributed by atoms with Gasteiger partial charge in [0.05, 0.1) is 18.8 Å². The number of hydrogen-bond donors (Lipinski definition) is 2. The summed E-state index contributed by atoms with van der Waals surface area (Å²) in [6, 6.07) is 20.4. The molecular formula is C19H17ClN2O2. The smallest absolute Gasteiger partial charge is 0.238 e. The van der Waals surface area contributed by atoms with Crippen molar-refractivity contribution in [2.24, 2.45) is 0 Å². The van der Waals surface area contributed by atoms with Gasteiger partial charge in [-0.1, -0.05) is 48.0 Å². The van der Waals surface area contributed by atoms with E-state index in [1.165, 1.54) is 0 Å². The van der Waals surface area contributed by atoms with E-state index in [2.05, 4.69) is 10.6 Å². The van der Waals surface area contributed by atoms with Gasteiger partial charge < -0.3 is 9.73 Å². The molecule has 1 heterocycles. The predicted octanol–water partition coefficient (Wildman–Crippen LogP) is 4.25. The molecule has 1 atom stereocenters. The largest absolute Gasteiger partial charge is 0.467 e. The number of amides is 1. The molecule has 5 heteroatoms. The fraction of sp³-hybridized carbons (Fsp3) is 0.105. The molecule has 24 heavy (non-hydrogen) atoms. The number of benzene rings is 2. The molecular weight excluding hydrogens is 324 g/mol. The van der Waals surface area contributed by atoms with Crippen molar-refractivity contribution >= 4 is 23.2 Å². The van der Waals surface area contributed by atoms with E-state index in [9.17, 15) is 4.79 Å². The minimum absolute atomic E-state index is 0.146. The van der Waals surface area contributed by atoms with E-state index in [1.807, 2.05) is 42.5 Å². The van der Waals surface area contributed by atoms with Crippen LogP contribution in [-0.4, -0.2) is 12.5 Å². The van der Waals surface area contributed by atoms with E-state index in [0.29, 0.717) is 10.7 Å². The number of carbonyl (C=O) groups excluding carboxylic acids is 1. The van der Waals surface area contributed by atoms with Crippen LogP contribution < -0.4 is 10.6 Å². The van der Waals surface area contributed by atoms with Crippen LogP contribution in [0.25, 0.3) is 0 Å². The second-order valence-electron chi connectivity index (χ2n) is 5.30. The lowest BCUT2D eigenvalue weighted by Crippen LogP contribution is -2.31. The minimum atomic E-state index is -0.189. The summed E-state index contributed by atoms with van der Waals surface area (Å²) in [4.78, 5) is 12.2. The van der Waals surface area contributed by atoms with Crippen LogP contribution in [0.3, 0.4) is 0 Å². The Kier molecular flexibility index (Phi) is 5.31. The van der Waals surface area contributed by atoms with Gasteiger partial charge in [0, 0.05) is 10.7 Å². The Bertz CT molecular complexity index is 788. The molecule has 0 fully saturated rings. The van der Waals surface area contributed by atoms with Gasteiger partial charge >= 0.3 is 0 Å². The van der Waals surface area contributed by atoms with Gasteiger partial charge in [0.1, 0.15) is 5.76 Å². The van der Waals surface area contributed by atoms with E-state index in [-0.39, 0.29) is 18.5 Å². The first-order valence-corrected chi connectivity index (χ1v) is 7.97. The molecule has 1 aromatic heterocycles.